The second-order valence-electron chi connectivity index (χ2n) is 20.2. The van der Waals surface area contributed by atoms with Crippen molar-refractivity contribution in [3.05, 3.63) is 0 Å². The number of sulfonamides is 1. The minimum absolute atomic E-state index is 0.0165. The molecular weight excluding hydrogens is 667 g/mol. The molecule has 3 N–H and O–H groups in total. The van der Waals surface area contributed by atoms with Crippen LogP contribution in [0.3, 0.4) is 0 Å². The molecule has 0 amide bonds. The zero-order valence-electron chi connectivity index (χ0n) is 33.0. The maximum absolute atomic E-state index is 12.0. The standard InChI is InChI=1S/C40H69N3O7S/c1-10-47-34(36(6,7)44)27-19-24(2)32-33(49-27)25(3)40(41)29-12-11-28-35(4,5)30(13-14-38(28)23-39(29,38)16-15-37(32,40)8)50-31-22-42(17-18-48-31)26-20-43(21-26)51(9,45)46/h24-34,44H,10-23,41H2,1-9H3. The number of hydrogen-bond acceptors (Lipinski definition) is 9. The van der Waals surface area contributed by atoms with E-state index in [2.05, 4.69) is 39.5 Å². The van der Waals surface area contributed by atoms with Gasteiger partial charge in [0.25, 0.3) is 0 Å². The average molecular weight is 736 g/mol. The highest BCUT2D eigenvalue weighted by Crippen LogP contribution is 2.88. The number of morpholine rings is 1. The molecule has 5 saturated carbocycles. The quantitative estimate of drug-likeness (QED) is 0.368. The summed E-state index contributed by atoms with van der Waals surface area (Å²) in [6.45, 7) is 21.8. The van der Waals surface area contributed by atoms with Gasteiger partial charge in [-0.15, -0.1) is 0 Å². The number of fused-ring (bicyclic) bond motifs is 4. The minimum Gasteiger partial charge on any atom is -0.388 e. The SMILES string of the molecule is CCOC(C1CC(C)C2C(O1)C(C)C1(N)C3CCC4C(C)(C)C(OC5CN(C6CN(S(C)(=O)=O)C6)CCO5)CCC45CC35CCC21C)C(C)(C)O. The summed E-state index contributed by atoms with van der Waals surface area (Å²) in [7, 11) is -3.13. The monoisotopic (exact) mass is 735 g/mol. The molecule has 0 bridgehead atoms. The Kier molecular flexibility index (Phi) is 8.88. The van der Waals surface area contributed by atoms with Gasteiger partial charge in [0.15, 0.2) is 6.29 Å². The summed E-state index contributed by atoms with van der Waals surface area (Å²) in [5.74, 6) is 2.18. The van der Waals surface area contributed by atoms with E-state index in [-0.39, 0.29) is 59.0 Å². The van der Waals surface area contributed by atoms with Gasteiger partial charge in [-0.3, -0.25) is 4.90 Å². The maximum Gasteiger partial charge on any atom is 0.211 e. The molecular formula is C40H69N3O7S. The number of nitrogens with zero attached hydrogens (tertiary/aromatic N) is 2. The Bertz CT molecular complexity index is 1470. The van der Waals surface area contributed by atoms with Crippen molar-refractivity contribution in [2.24, 2.45) is 57.0 Å². The molecule has 14 unspecified atom stereocenters. The average Bonchev–Trinajstić information content (AvgIpc) is 3.64. The van der Waals surface area contributed by atoms with Gasteiger partial charge < -0.3 is 29.8 Å². The number of hydrogen-bond donors (Lipinski definition) is 2. The molecule has 8 fully saturated rings. The van der Waals surface area contributed by atoms with Gasteiger partial charge in [0, 0.05) is 50.3 Å². The normalized spacial score (nSPS) is 50.6. The van der Waals surface area contributed by atoms with Crippen LogP contribution in [0.1, 0.15) is 107 Å². The van der Waals surface area contributed by atoms with E-state index in [1.165, 1.54) is 44.8 Å². The molecule has 292 valence electrons. The van der Waals surface area contributed by atoms with Crippen LogP contribution in [-0.4, -0.2) is 116 Å². The lowest BCUT2D eigenvalue weighted by Crippen LogP contribution is -2.68. The first-order valence-electron chi connectivity index (χ1n) is 20.5. The minimum atomic E-state index is -3.13. The highest BCUT2D eigenvalue weighted by atomic mass is 32.2. The predicted octanol–water partition coefficient (Wildman–Crippen LogP) is 4.63. The molecule has 3 heterocycles. The van der Waals surface area contributed by atoms with E-state index in [1.807, 2.05) is 20.8 Å². The summed E-state index contributed by atoms with van der Waals surface area (Å²) >= 11 is 0. The fraction of sp³-hybridized carbons (Fsp3) is 1.00. The zero-order valence-corrected chi connectivity index (χ0v) is 33.8. The molecule has 3 aliphatic heterocycles. The molecule has 0 aromatic heterocycles. The second-order valence-corrected chi connectivity index (χ2v) is 22.2. The van der Waals surface area contributed by atoms with E-state index in [9.17, 15) is 13.5 Å². The van der Waals surface area contributed by atoms with Crippen molar-refractivity contribution in [1.29, 1.82) is 0 Å². The Morgan fingerprint density at radius 2 is 1.71 bits per heavy atom. The zero-order chi connectivity index (χ0) is 36.7. The molecule has 0 radical (unpaired) electrons. The van der Waals surface area contributed by atoms with Crippen LogP contribution >= 0.6 is 0 Å². The summed E-state index contributed by atoms with van der Waals surface area (Å²) in [4.78, 5) is 2.38. The number of rotatable bonds is 8. The summed E-state index contributed by atoms with van der Waals surface area (Å²) in [5, 5.41) is 11.1. The van der Waals surface area contributed by atoms with Crippen LogP contribution < -0.4 is 5.73 Å². The Morgan fingerprint density at radius 1 is 1.02 bits per heavy atom. The molecule has 5 aliphatic carbocycles. The molecule has 14 atom stereocenters. The first kappa shape index (κ1) is 37.5. The summed E-state index contributed by atoms with van der Waals surface area (Å²) in [6.07, 6.45) is 10.0. The summed E-state index contributed by atoms with van der Waals surface area (Å²) in [5.41, 5.74) is 7.47. The number of ether oxygens (including phenoxy) is 4. The van der Waals surface area contributed by atoms with Crippen molar-refractivity contribution in [3.63, 3.8) is 0 Å². The highest BCUT2D eigenvalue weighted by molar-refractivity contribution is 7.88. The lowest BCUT2D eigenvalue weighted by atomic mass is 9.43. The van der Waals surface area contributed by atoms with Crippen LogP contribution in [0.2, 0.25) is 0 Å². The smallest absolute Gasteiger partial charge is 0.211 e. The van der Waals surface area contributed by atoms with E-state index in [0.717, 1.165) is 19.4 Å². The number of aliphatic hydroxyl groups is 1. The lowest BCUT2D eigenvalue weighted by Gasteiger charge is -2.64. The molecule has 0 aromatic carbocycles. The van der Waals surface area contributed by atoms with E-state index in [0.29, 0.717) is 67.3 Å². The summed E-state index contributed by atoms with van der Waals surface area (Å²) in [6, 6.07) is 0.244. The fourth-order valence-electron chi connectivity index (χ4n) is 14.9. The highest BCUT2D eigenvalue weighted by Gasteiger charge is 2.84. The van der Waals surface area contributed by atoms with E-state index in [1.54, 1.807) is 4.31 Å². The topological polar surface area (TPSA) is 124 Å². The Labute approximate surface area is 308 Å². The number of nitrogens with two attached hydrogens (primary N) is 1. The molecule has 10 nitrogen and oxygen atoms in total. The van der Waals surface area contributed by atoms with Crippen molar-refractivity contribution >= 4 is 10.0 Å². The summed E-state index contributed by atoms with van der Waals surface area (Å²) < 4.78 is 52.0. The first-order chi connectivity index (χ1) is 23.7. The van der Waals surface area contributed by atoms with Gasteiger partial charge in [-0.2, -0.15) is 4.31 Å². The van der Waals surface area contributed by atoms with Gasteiger partial charge in [-0.05, 0) is 117 Å². The Balaban J connectivity index is 0.986. The van der Waals surface area contributed by atoms with Gasteiger partial charge in [0.2, 0.25) is 10.0 Å². The van der Waals surface area contributed by atoms with Crippen LogP contribution in [0.4, 0.5) is 0 Å². The maximum atomic E-state index is 12.0. The van der Waals surface area contributed by atoms with E-state index in [4.69, 9.17) is 24.7 Å². The molecule has 8 rings (SSSR count). The predicted molar refractivity (Wildman–Crippen MR) is 196 cm³/mol. The first-order valence-corrected chi connectivity index (χ1v) is 22.3. The van der Waals surface area contributed by atoms with Gasteiger partial charge in [-0.1, -0.05) is 34.6 Å². The third kappa shape index (κ3) is 5.24. The van der Waals surface area contributed by atoms with Crippen molar-refractivity contribution in [3.8, 4) is 0 Å². The largest absolute Gasteiger partial charge is 0.388 e. The van der Waals surface area contributed by atoms with Crippen molar-refractivity contribution < 1.29 is 32.5 Å². The van der Waals surface area contributed by atoms with Crippen LogP contribution in [0.15, 0.2) is 0 Å². The third-order valence-electron chi connectivity index (χ3n) is 17.3. The molecule has 2 spiro atoms. The van der Waals surface area contributed by atoms with Crippen molar-refractivity contribution in [1.82, 2.24) is 9.21 Å². The Morgan fingerprint density at radius 3 is 2.37 bits per heavy atom. The molecule has 3 saturated heterocycles. The van der Waals surface area contributed by atoms with Crippen LogP contribution in [-0.2, 0) is 29.0 Å². The van der Waals surface area contributed by atoms with Gasteiger partial charge >= 0.3 is 0 Å². The van der Waals surface area contributed by atoms with E-state index < -0.39 is 15.6 Å². The van der Waals surface area contributed by atoms with Crippen molar-refractivity contribution in [2.45, 2.75) is 155 Å². The van der Waals surface area contributed by atoms with Gasteiger partial charge in [-0.25, -0.2) is 8.42 Å². The van der Waals surface area contributed by atoms with Crippen LogP contribution in [0.25, 0.3) is 0 Å². The Hall–Kier alpha value is -0.370. The van der Waals surface area contributed by atoms with Crippen LogP contribution in [0.5, 0.6) is 0 Å². The fourth-order valence-corrected chi connectivity index (χ4v) is 15.8. The molecule has 11 heteroatoms. The van der Waals surface area contributed by atoms with Gasteiger partial charge in [0.05, 0.1) is 36.8 Å². The lowest BCUT2D eigenvalue weighted by molar-refractivity contribution is -0.250. The van der Waals surface area contributed by atoms with Crippen molar-refractivity contribution in [2.75, 3.05) is 45.6 Å². The molecule has 0 aromatic rings. The van der Waals surface area contributed by atoms with Crippen LogP contribution in [0, 0.1) is 51.2 Å². The molecule has 51 heavy (non-hydrogen) atoms. The third-order valence-corrected chi connectivity index (χ3v) is 18.5. The van der Waals surface area contributed by atoms with Gasteiger partial charge in [0.1, 0.15) is 6.10 Å². The van der Waals surface area contributed by atoms with E-state index >= 15 is 0 Å². The molecule has 8 aliphatic rings. The second kappa shape index (κ2) is 12.1.